The Labute approximate surface area is 87.3 Å². The lowest BCUT2D eigenvalue weighted by molar-refractivity contribution is 0.631. The fourth-order valence-corrected chi connectivity index (χ4v) is 2.04. The molecule has 0 spiro atoms. The number of nitrogens with zero attached hydrogens (tertiary/aromatic N) is 1. The van der Waals surface area contributed by atoms with Crippen molar-refractivity contribution in [2.24, 2.45) is 5.92 Å². The molecule has 1 heterocycles. The molecule has 0 radical (unpaired) electrons. The first-order valence-electron chi connectivity index (χ1n) is 4.57. The maximum atomic E-state index is 11.0. The van der Waals surface area contributed by atoms with Gasteiger partial charge in [0.15, 0.2) is 5.16 Å². The van der Waals surface area contributed by atoms with Gasteiger partial charge in [0.25, 0.3) is 5.56 Å². The van der Waals surface area contributed by atoms with Gasteiger partial charge in [0.05, 0.1) is 0 Å². The molecule has 1 aromatic heterocycles. The fourth-order valence-electron chi connectivity index (χ4n) is 0.913. The number of hydrogen-bond donors (Lipinski definition) is 2. The van der Waals surface area contributed by atoms with E-state index in [1.807, 2.05) is 0 Å². The molecule has 0 saturated carbocycles. The van der Waals surface area contributed by atoms with Crippen LogP contribution in [0, 0.1) is 5.92 Å². The number of aromatic nitrogens is 2. The Morgan fingerprint density at radius 2 is 2.36 bits per heavy atom. The van der Waals surface area contributed by atoms with Crippen molar-refractivity contribution in [2.45, 2.75) is 25.4 Å². The van der Waals surface area contributed by atoms with Crippen molar-refractivity contribution in [3.63, 3.8) is 0 Å². The van der Waals surface area contributed by atoms with Crippen molar-refractivity contribution in [3.8, 4) is 0 Å². The van der Waals surface area contributed by atoms with E-state index in [-0.39, 0.29) is 11.4 Å². The maximum absolute atomic E-state index is 11.0. The topological polar surface area (TPSA) is 71.8 Å². The van der Waals surface area contributed by atoms with Crippen molar-refractivity contribution in [1.29, 1.82) is 0 Å². The van der Waals surface area contributed by atoms with E-state index in [2.05, 4.69) is 23.8 Å². The molecule has 5 heteroatoms. The van der Waals surface area contributed by atoms with Gasteiger partial charge in [-0.15, -0.1) is 0 Å². The first-order valence-corrected chi connectivity index (χ1v) is 5.56. The minimum absolute atomic E-state index is 0.190. The zero-order chi connectivity index (χ0) is 10.6. The summed E-state index contributed by atoms with van der Waals surface area (Å²) in [5.41, 5.74) is 5.26. The zero-order valence-corrected chi connectivity index (χ0v) is 9.23. The molecule has 4 nitrogen and oxygen atoms in total. The molecule has 0 saturated heterocycles. The summed E-state index contributed by atoms with van der Waals surface area (Å²) >= 11 is 1.53. The number of nitrogen functional groups attached to an aromatic ring is 1. The molecule has 0 aliphatic carbocycles. The fraction of sp³-hybridized carbons (Fsp3) is 0.556. The SMILES string of the molecule is CC(C)CCSc1nc(N)cc(=O)[nH]1. The van der Waals surface area contributed by atoms with Crippen LogP contribution in [0.5, 0.6) is 0 Å². The van der Waals surface area contributed by atoms with E-state index >= 15 is 0 Å². The van der Waals surface area contributed by atoms with Crippen LogP contribution in [0.25, 0.3) is 0 Å². The van der Waals surface area contributed by atoms with E-state index in [1.165, 1.54) is 17.8 Å². The zero-order valence-electron chi connectivity index (χ0n) is 8.41. The molecular formula is C9H15N3OS. The van der Waals surface area contributed by atoms with Crippen molar-refractivity contribution in [2.75, 3.05) is 11.5 Å². The summed E-state index contributed by atoms with van der Waals surface area (Å²) in [4.78, 5) is 17.7. The number of thioether (sulfide) groups is 1. The van der Waals surface area contributed by atoms with Crippen LogP contribution in [0.3, 0.4) is 0 Å². The second-order valence-corrected chi connectivity index (χ2v) is 4.59. The van der Waals surface area contributed by atoms with Gasteiger partial charge in [0, 0.05) is 11.8 Å². The summed E-state index contributed by atoms with van der Waals surface area (Å²) in [6, 6.07) is 1.28. The number of anilines is 1. The minimum atomic E-state index is -0.190. The number of nitrogens with one attached hydrogen (secondary N) is 1. The van der Waals surface area contributed by atoms with Gasteiger partial charge in [-0.25, -0.2) is 4.98 Å². The predicted octanol–water partition coefficient (Wildman–Crippen LogP) is 1.49. The largest absolute Gasteiger partial charge is 0.383 e. The third-order valence-corrected chi connectivity index (χ3v) is 2.58. The van der Waals surface area contributed by atoms with Crippen LogP contribution in [0.2, 0.25) is 0 Å². The second-order valence-electron chi connectivity index (χ2n) is 3.51. The third kappa shape index (κ3) is 3.83. The van der Waals surface area contributed by atoms with E-state index in [1.54, 1.807) is 0 Å². The maximum Gasteiger partial charge on any atom is 0.253 e. The first-order chi connectivity index (χ1) is 6.58. The van der Waals surface area contributed by atoms with Crippen molar-refractivity contribution in [1.82, 2.24) is 9.97 Å². The Bertz CT molecular complexity index is 348. The minimum Gasteiger partial charge on any atom is -0.383 e. The molecular weight excluding hydrogens is 198 g/mol. The average molecular weight is 213 g/mol. The van der Waals surface area contributed by atoms with Gasteiger partial charge in [-0.05, 0) is 12.3 Å². The Kier molecular flexibility index (Phi) is 4.00. The summed E-state index contributed by atoms with van der Waals surface area (Å²) in [6.07, 6.45) is 1.10. The second kappa shape index (κ2) is 5.05. The van der Waals surface area contributed by atoms with E-state index in [0.717, 1.165) is 12.2 Å². The van der Waals surface area contributed by atoms with Crippen LogP contribution in [0.4, 0.5) is 5.82 Å². The average Bonchev–Trinajstić information content (AvgIpc) is 2.01. The Morgan fingerprint density at radius 3 is 2.93 bits per heavy atom. The molecule has 3 N–H and O–H groups in total. The van der Waals surface area contributed by atoms with Gasteiger partial charge in [0.1, 0.15) is 5.82 Å². The number of rotatable bonds is 4. The van der Waals surface area contributed by atoms with Gasteiger partial charge in [-0.2, -0.15) is 0 Å². The van der Waals surface area contributed by atoms with Crippen molar-refractivity contribution in [3.05, 3.63) is 16.4 Å². The van der Waals surface area contributed by atoms with Crippen molar-refractivity contribution >= 4 is 17.6 Å². The summed E-state index contributed by atoms with van der Waals surface area (Å²) in [5.74, 6) is 1.89. The Morgan fingerprint density at radius 1 is 1.64 bits per heavy atom. The van der Waals surface area contributed by atoms with Gasteiger partial charge in [0.2, 0.25) is 0 Å². The van der Waals surface area contributed by atoms with Gasteiger partial charge < -0.3 is 10.7 Å². The van der Waals surface area contributed by atoms with Gasteiger partial charge in [-0.1, -0.05) is 25.6 Å². The molecule has 0 unspecified atom stereocenters. The lowest BCUT2D eigenvalue weighted by Crippen LogP contribution is -2.09. The standard InChI is InChI=1S/C9H15N3OS/c1-6(2)3-4-14-9-11-7(10)5-8(13)12-9/h5-6H,3-4H2,1-2H3,(H3,10,11,12,13). The first kappa shape index (κ1) is 11.1. The van der Waals surface area contributed by atoms with E-state index < -0.39 is 0 Å². The Balaban J connectivity index is 2.55. The molecule has 1 rings (SSSR count). The third-order valence-electron chi connectivity index (χ3n) is 1.67. The summed E-state index contributed by atoms with van der Waals surface area (Å²) < 4.78 is 0. The number of nitrogens with two attached hydrogens (primary N) is 1. The van der Waals surface area contributed by atoms with Crippen LogP contribution in [0.1, 0.15) is 20.3 Å². The van der Waals surface area contributed by atoms with E-state index in [4.69, 9.17) is 5.73 Å². The molecule has 0 bridgehead atoms. The molecule has 78 valence electrons. The number of aromatic amines is 1. The van der Waals surface area contributed by atoms with Gasteiger partial charge >= 0.3 is 0 Å². The lowest BCUT2D eigenvalue weighted by Gasteiger charge is -2.03. The highest BCUT2D eigenvalue weighted by Crippen LogP contribution is 2.15. The monoisotopic (exact) mass is 213 g/mol. The molecule has 0 amide bonds. The molecule has 0 aliphatic rings. The summed E-state index contributed by atoms with van der Waals surface area (Å²) in [6.45, 7) is 4.33. The summed E-state index contributed by atoms with van der Waals surface area (Å²) in [7, 11) is 0. The number of H-pyrrole nitrogens is 1. The number of hydrogen-bond acceptors (Lipinski definition) is 4. The van der Waals surface area contributed by atoms with E-state index in [9.17, 15) is 4.79 Å². The highest BCUT2D eigenvalue weighted by Gasteiger charge is 2.00. The van der Waals surface area contributed by atoms with Crippen molar-refractivity contribution < 1.29 is 0 Å². The Hall–Kier alpha value is -0.970. The molecule has 14 heavy (non-hydrogen) atoms. The van der Waals surface area contributed by atoms with Crippen LogP contribution < -0.4 is 11.3 Å². The van der Waals surface area contributed by atoms with Crippen LogP contribution in [0.15, 0.2) is 16.0 Å². The molecule has 0 fully saturated rings. The molecule has 0 aliphatic heterocycles. The molecule has 1 aromatic rings. The highest BCUT2D eigenvalue weighted by molar-refractivity contribution is 7.99. The highest BCUT2D eigenvalue weighted by atomic mass is 32.2. The van der Waals surface area contributed by atoms with Gasteiger partial charge in [-0.3, -0.25) is 4.79 Å². The van der Waals surface area contributed by atoms with Crippen LogP contribution in [-0.4, -0.2) is 15.7 Å². The van der Waals surface area contributed by atoms with E-state index in [0.29, 0.717) is 11.1 Å². The summed E-state index contributed by atoms with van der Waals surface area (Å²) in [5, 5.41) is 0.607. The van der Waals surface area contributed by atoms with Crippen LogP contribution >= 0.6 is 11.8 Å². The normalized spacial score (nSPS) is 10.8. The predicted molar refractivity (Wildman–Crippen MR) is 59.4 cm³/mol. The molecule has 0 aromatic carbocycles. The smallest absolute Gasteiger partial charge is 0.253 e. The lowest BCUT2D eigenvalue weighted by atomic mass is 10.2. The molecule has 0 atom stereocenters. The van der Waals surface area contributed by atoms with Crippen LogP contribution in [-0.2, 0) is 0 Å². The quantitative estimate of drug-likeness (QED) is 0.587.